The summed E-state index contributed by atoms with van der Waals surface area (Å²) >= 11 is 0. The quantitative estimate of drug-likeness (QED) is 0.728. The second-order valence-corrected chi connectivity index (χ2v) is 8.83. The number of rotatable bonds is 5. The summed E-state index contributed by atoms with van der Waals surface area (Å²) in [6.45, 7) is 2.01. The molecule has 0 radical (unpaired) electrons. The monoisotopic (exact) mass is 386 g/mol. The molecule has 2 aromatic heterocycles. The molecule has 0 amide bonds. The van der Waals surface area contributed by atoms with Gasteiger partial charge in [0.05, 0.1) is 36.5 Å². The van der Waals surface area contributed by atoms with Gasteiger partial charge < -0.3 is 4.74 Å². The molecule has 0 atom stereocenters. The van der Waals surface area contributed by atoms with E-state index in [4.69, 9.17) is 9.72 Å². The summed E-state index contributed by atoms with van der Waals surface area (Å²) in [5.74, 6) is 0.992. The van der Waals surface area contributed by atoms with E-state index >= 15 is 0 Å². The van der Waals surface area contributed by atoms with Crippen LogP contribution in [0.2, 0.25) is 0 Å². The molecule has 0 spiro atoms. The third kappa shape index (κ3) is 3.37. The van der Waals surface area contributed by atoms with Gasteiger partial charge >= 0.3 is 0 Å². The number of nitrogens with zero attached hydrogens (tertiary/aromatic N) is 3. The zero-order chi connectivity index (χ0) is 19.3. The van der Waals surface area contributed by atoms with Crippen LogP contribution in [-0.2, 0) is 17.1 Å². The van der Waals surface area contributed by atoms with Gasteiger partial charge in [-0.05, 0) is 49.4 Å². The maximum atomic E-state index is 11.7. The highest BCUT2D eigenvalue weighted by atomic mass is 32.2. The van der Waals surface area contributed by atoms with Gasteiger partial charge in [0.1, 0.15) is 5.75 Å². The Balaban J connectivity index is 1.96. The fraction of sp³-hybridized carbons (Fsp3) is 0.368. The predicted octanol–water partition coefficient (Wildman–Crippen LogP) is 3.20. The van der Waals surface area contributed by atoms with Crippen molar-refractivity contribution in [3.05, 3.63) is 35.7 Å². The van der Waals surface area contributed by atoms with Gasteiger partial charge in [-0.2, -0.15) is 5.10 Å². The molecule has 1 aromatic carbocycles. The first kappa shape index (κ1) is 17.8. The highest BCUT2D eigenvalue weighted by Gasteiger charge is 2.27. The van der Waals surface area contributed by atoms with Crippen LogP contribution in [0.4, 0.5) is 5.69 Å². The number of sulfonamides is 1. The first-order valence-electron chi connectivity index (χ1n) is 8.76. The maximum Gasteiger partial charge on any atom is 0.229 e. The number of aromatic nitrogens is 3. The molecule has 0 bridgehead atoms. The number of methoxy groups -OCH3 is 1. The molecule has 0 aliphatic heterocycles. The number of anilines is 1. The Hall–Kier alpha value is -2.61. The van der Waals surface area contributed by atoms with Crippen LogP contribution in [0.15, 0.2) is 24.4 Å². The summed E-state index contributed by atoms with van der Waals surface area (Å²) in [5, 5.41) is 5.32. The summed E-state index contributed by atoms with van der Waals surface area (Å²) in [5.41, 5.74) is 5.22. The van der Waals surface area contributed by atoms with Crippen LogP contribution < -0.4 is 9.46 Å². The zero-order valence-corrected chi connectivity index (χ0v) is 16.6. The Morgan fingerprint density at radius 1 is 1.26 bits per heavy atom. The molecular formula is C19H22N4O3S. The van der Waals surface area contributed by atoms with Crippen molar-refractivity contribution in [2.24, 2.45) is 7.05 Å². The zero-order valence-electron chi connectivity index (χ0n) is 15.8. The van der Waals surface area contributed by atoms with Gasteiger partial charge in [0.25, 0.3) is 0 Å². The lowest BCUT2D eigenvalue weighted by molar-refractivity contribution is 0.417. The first-order chi connectivity index (χ1) is 12.8. The highest BCUT2D eigenvalue weighted by molar-refractivity contribution is 7.92. The van der Waals surface area contributed by atoms with Crippen molar-refractivity contribution >= 4 is 26.6 Å². The smallest absolute Gasteiger partial charge is 0.229 e. The van der Waals surface area contributed by atoms with Crippen LogP contribution in [0.1, 0.15) is 30.0 Å². The van der Waals surface area contributed by atoms with Crippen molar-refractivity contribution in [3.8, 4) is 17.0 Å². The van der Waals surface area contributed by atoms with Crippen LogP contribution in [0.25, 0.3) is 22.2 Å². The molecule has 1 aliphatic carbocycles. The standard InChI is InChI=1S/C19H22N4O3S/c1-11-15(10-20-23(11)2)16-7-13(12-5-6-12)14-8-19(26-3)18(9-17(14)21-16)22-27(4,24)25/h7-10,12,22H,5-6H2,1-4H3. The van der Waals surface area contributed by atoms with Gasteiger partial charge in [-0.1, -0.05) is 0 Å². The molecule has 3 aromatic rings. The fourth-order valence-electron chi connectivity index (χ4n) is 3.35. The summed E-state index contributed by atoms with van der Waals surface area (Å²) in [6.07, 6.45) is 5.24. The third-order valence-electron chi connectivity index (χ3n) is 4.99. The number of pyridine rings is 1. The van der Waals surface area contributed by atoms with Crippen molar-refractivity contribution in [1.29, 1.82) is 0 Å². The molecule has 8 heteroatoms. The van der Waals surface area contributed by atoms with E-state index in [1.807, 2.05) is 30.9 Å². The molecule has 1 saturated carbocycles. The minimum absolute atomic E-state index is 0.391. The molecule has 4 rings (SSSR count). The summed E-state index contributed by atoms with van der Waals surface area (Å²) < 4.78 is 33.2. The van der Waals surface area contributed by atoms with E-state index in [9.17, 15) is 8.42 Å². The lowest BCUT2D eigenvalue weighted by atomic mass is 10.0. The number of nitrogens with one attached hydrogen (secondary N) is 1. The van der Waals surface area contributed by atoms with Gasteiger partial charge in [-0.25, -0.2) is 13.4 Å². The fourth-order valence-corrected chi connectivity index (χ4v) is 3.91. The largest absolute Gasteiger partial charge is 0.495 e. The molecular weight excluding hydrogens is 364 g/mol. The van der Waals surface area contributed by atoms with E-state index in [0.717, 1.165) is 47.0 Å². The Morgan fingerprint density at radius 2 is 2.00 bits per heavy atom. The minimum atomic E-state index is -3.43. The normalized spacial score (nSPS) is 14.5. The number of hydrogen-bond acceptors (Lipinski definition) is 5. The lowest BCUT2D eigenvalue weighted by Gasteiger charge is -2.14. The average Bonchev–Trinajstić information content (AvgIpc) is 3.38. The lowest BCUT2D eigenvalue weighted by Crippen LogP contribution is -2.10. The van der Waals surface area contributed by atoms with Crippen LogP contribution >= 0.6 is 0 Å². The number of hydrogen-bond donors (Lipinski definition) is 1. The molecule has 27 heavy (non-hydrogen) atoms. The number of benzene rings is 1. The molecule has 2 heterocycles. The van der Waals surface area contributed by atoms with Crippen molar-refractivity contribution in [2.75, 3.05) is 18.1 Å². The van der Waals surface area contributed by atoms with Crippen molar-refractivity contribution in [3.63, 3.8) is 0 Å². The van der Waals surface area contributed by atoms with Crippen molar-refractivity contribution in [1.82, 2.24) is 14.8 Å². The second-order valence-electron chi connectivity index (χ2n) is 7.08. The molecule has 0 unspecified atom stereocenters. The van der Waals surface area contributed by atoms with E-state index in [-0.39, 0.29) is 0 Å². The number of fused-ring (bicyclic) bond motifs is 1. The predicted molar refractivity (Wildman–Crippen MR) is 106 cm³/mol. The SMILES string of the molecule is COc1cc2c(C3CC3)cc(-c3cnn(C)c3C)nc2cc1NS(C)(=O)=O. The molecule has 7 nitrogen and oxygen atoms in total. The van der Waals surface area contributed by atoms with E-state index < -0.39 is 10.0 Å². The van der Waals surface area contributed by atoms with Crippen LogP contribution in [-0.4, -0.2) is 36.5 Å². The summed E-state index contributed by atoms with van der Waals surface area (Å²) in [6, 6.07) is 5.76. The van der Waals surface area contributed by atoms with E-state index in [1.54, 1.807) is 6.07 Å². The van der Waals surface area contributed by atoms with Crippen molar-refractivity contribution in [2.45, 2.75) is 25.7 Å². The molecule has 1 fully saturated rings. The Bertz CT molecular complexity index is 1150. The van der Waals surface area contributed by atoms with Gasteiger partial charge in [-0.15, -0.1) is 0 Å². The molecule has 0 saturated heterocycles. The summed E-state index contributed by atoms with van der Waals surface area (Å²) in [4.78, 5) is 4.81. The van der Waals surface area contributed by atoms with Gasteiger partial charge in [0, 0.05) is 23.7 Å². The Labute approximate surface area is 158 Å². The van der Waals surface area contributed by atoms with E-state index in [2.05, 4.69) is 15.9 Å². The minimum Gasteiger partial charge on any atom is -0.495 e. The third-order valence-corrected chi connectivity index (χ3v) is 5.58. The van der Waals surface area contributed by atoms with Gasteiger partial charge in [0.2, 0.25) is 10.0 Å². The van der Waals surface area contributed by atoms with Gasteiger partial charge in [0.15, 0.2) is 0 Å². The number of ether oxygens (including phenoxy) is 1. The van der Waals surface area contributed by atoms with Crippen LogP contribution in [0.3, 0.4) is 0 Å². The van der Waals surface area contributed by atoms with Gasteiger partial charge in [-0.3, -0.25) is 9.40 Å². The molecule has 142 valence electrons. The van der Waals surface area contributed by atoms with Crippen LogP contribution in [0, 0.1) is 6.92 Å². The first-order valence-corrected chi connectivity index (χ1v) is 10.7. The van der Waals surface area contributed by atoms with Crippen LogP contribution in [0.5, 0.6) is 5.75 Å². The second kappa shape index (κ2) is 6.23. The van der Waals surface area contributed by atoms with E-state index in [0.29, 0.717) is 17.4 Å². The Morgan fingerprint density at radius 3 is 2.56 bits per heavy atom. The highest BCUT2D eigenvalue weighted by Crippen LogP contribution is 2.45. The molecule has 1 aliphatic rings. The summed E-state index contributed by atoms with van der Waals surface area (Å²) in [7, 11) is 0.00809. The maximum absolute atomic E-state index is 11.7. The molecule has 1 N–H and O–H groups in total. The Kier molecular flexibility index (Phi) is 4.10. The topological polar surface area (TPSA) is 86.1 Å². The van der Waals surface area contributed by atoms with E-state index in [1.165, 1.54) is 12.7 Å². The average molecular weight is 386 g/mol. The number of aryl methyl sites for hydroxylation is 1. The van der Waals surface area contributed by atoms with Crippen molar-refractivity contribution < 1.29 is 13.2 Å².